The summed E-state index contributed by atoms with van der Waals surface area (Å²) in [6, 6.07) is 11.6. The molecule has 1 aromatic heterocycles. The topological polar surface area (TPSA) is 127 Å². The first kappa shape index (κ1) is 21.6. The first-order valence-electron chi connectivity index (χ1n) is 9.00. The molecule has 1 heterocycles. The van der Waals surface area contributed by atoms with Crippen LogP contribution in [-0.4, -0.2) is 36.6 Å². The number of rotatable bonds is 7. The highest BCUT2D eigenvalue weighted by molar-refractivity contribution is 7.89. The molecule has 0 aliphatic carbocycles. The Kier molecular flexibility index (Phi) is 6.30. The second kappa shape index (κ2) is 8.74. The van der Waals surface area contributed by atoms with E-state index in [2.05, 4.69) is 4.98 Å². The molecule has 0 radical (unpaired) electrons. The van der Waals surface area contributed by atoms with Crippen LogP contribution in [-0.2, 0) is 21.2 Å². The first-order chi connectivity index (χ1) is 14.2. The summed E-state index contributed by atoms with van der Waals surface area (Å²) in [4.78, 5) is 15.9. The number of nitrogens with zero attached hydrogens (tertiary/aromatic N) is 2. The molecule has 0 fully saturated rings. The summed E-state index contributed by atoms with van der Waals surface area (Å²) in [5.74, 6) is -0.450. The summed E-state index contributed by atoms with van der Waals surface area (Å²) < 4.78 is 43.3. The average molecular weight is 433 g/mol. The van der Waals surface area contributed by atoms with Gasteiger partial charge in [-0.2, -0.15) is 0 Å². The molecule has 0 saturated carbocycles. The Morgan fingerprint density at radius 2 is 1.87 bits per heavy atom. The van der Waals surface area contributed by atoms with Crippen LogP contribution in [0.5, 0.6) is 0 Å². The molecule has 10 heteroatoms. The fourth-order valence-corrected chi connectivity index (χ4v) is 3.65. The molecule has 0 bridgehead atoms. The van der Waals surface area contributed by atoms with Crippen molar-refractivity contribution >= 4 is 15.9 Å². The molecule has 3 aromatic rings. The number of aryl methyl sites for hydroxylation is 1. The number of primary sulfonamides is 1. The zero-order chi connectivity index (χ0) is 21.9. The summed E-state index contributed by atoms with van der Waals surface area (Å²) in [5, 5.41) is 15.0. The highest BCUT2D eigenvalue weighted by Gasteiger charge is 2.23. The normalized spacial score (nSPS) is 11.5. The Labute approximate surface area is 172 Å². The van der Waals surface area contributed by atoms with E-state index in [9.17, 15) is 17.6 Å². The standard InChI is InChI=1S/C20H20FN3O5S/c1-24(26)18(25)8-4-7-17-23-19(13-9-11-14(21)12-10-13)20(29-17)15-5-2-3-6-16(15)30(22,27)28/h2-3,5-6,9-12,26H,4,7-8H2,1H3,(H2,22,27,28). The summed E-state index contributed by atoms with van der Waals surface area (Å²) in [6.45, 7) is 0. The number of carbonyl (C=O) groups excluding carboxylic acids is 1. The predicted molar refractivity (Wildman–Crippen MR) is 106 cm³/mol. The van der Waals surface area contributed by atoms with Gasteiger partial charge < -0.3 is 4.42 Å². The van der Waals surface area contributed by atoms with Crippen LogP contribution in [0.1, 0.15) is 18.7 Å². The lowest BCUT2D eigenvalue weighted by atomic mass is 10.1. The maximum atomic E-state index is 13.4. The number of hydroxylamine groups is 2. The highest BCUT2D eigenvalue weighted by atomic mass is 32.2. The summed E-state index contributed by atoms with van der Waals surface area (Å²) >= 11 is 0. The van der Waals surface area contributed by atoms with Gasteiger partial charge in [0.1, 0.15) is 11.5 Å². The minimum Gasteiger partial charge on any atom is -0.440 e. The van der Waals surface area contributed by atoms with Crippen LogP contribution >= 0.6 is 0 Å². The second-order valence-corrected chi connectivity index (χ2v) is 8.13. The number of nitrogens with two attached hydrogens (primary N) is 1. The number of carbonyl (C=O) groups is 1. The van der Waals surface area contributed by atoms with E-state index >= 15 is 0 Å². The molecule has 2 aromatic carbocycles. The van der Waals surface area contributed by atoms with Gasteiger partial charge in [-0.3, -0.25) is 10.0 Å². The Balaban J connectivity index is 2.04. The average Bonchev–Trinajstić information content (AvgIpc) is 3.11. The molecule has 0 aliphatic heterocycles. The Bertz CT molecular complexity index is 1160. The van der Waals surface area contributed by atoms with Crippen molar-refractivity contribution < 1.29 is 27.2 Å². The van der Waals surface area contributed by atoms with Gasteiger partial charge in [0.15, 0.2) is 11.7 Å². The lowest BCUT2D eigenvalue weighted by molar-refractivity contribution is -0.159. The maximum absolute atomic E-state index is 13.4. The van der Waals surface area contributed by atoms with Gasteiger partial charge >= 0.3 is 0 Å². The van der Waals surface area contributed by atoms with Crippen LogP contribution < -0.4 is 5.14 Å². The Morgan fingerprint density at radius 1 is 1.20 bits per heavy atom. The van der Waals surface area contributed by atoms with Gasteiger partial charge in [-0.25, -0.2) is 28.0 Å². The number of sulfonamides is 1. The molecule has 1 amide bonds. The van der Waals surface area contributed by atoms with E-state index in [0.717, 1.165) is 0 Å². The molecule has 0 atom stereocenters. The SMILES string of the molecule is CN(O)C(=O)CCCc1nc(-c2ccc(F)cc2)c(-c2ccccc2S(N)(=O)=O)o1. The van der Waals surface area contributed by atoms with Crippen LogP contribution in [0, 0.1) is 5.82 Å². The van der Waals surface area contributed by atoms with Crippen molar-refractivity contribution in [3.8, 4) is 22.6 Å². The van der Waals surface area contributed by atoms with Crippen LogP contribution in [0.25, 0.3) is 22.6 Å². The first-order valence-corrected chi connectivity index (χ1v) is 10.5. The minimum atomic E-state index is -4.04. The molecule has 0 aliphatic rings. The lowest BCUT2D eigenvalue weighted by Crippen LogP contribution is -2.22. The van der Waals surface area contributed by atoms with E-state index in [4.69, 9.17) is 14.8 Å². The lowest BCUT2D eigenvalue weighted by Gasteiger charge is -2.07. The Morgan fingerprint density at radius 3 is 2.50 bits per heavy atom. The van der Waals surface area contributed by atoms with Gasteiger partial charge in [-0.1, -0.05) is 12.1 Å². The molecule has 8 nitrogen and oxygen atoms in total. The van der Waals surface area contributed by atoms with Crippen molar-refractivity contribution in [3.05, 3.63) is 60.2 Å². The molecule has 3 N–H and O–H groups in total. The van der Waals surface area contributed by atoms with Crippen molar-refractivity contribution in [2.75, 3.05) is 7.05 Å². The van der Waals surface area contributed by atoms with E-state index in [0.29, 0.717) is 22.7 Å². The van der Waals surface area contributed by atoms with E-state index in [-0.39, 0.29) is 35.0 Å². The molecular weight excluding hydrogens is 413 g/mol. The maximum Gasteiger partial charge on any atom is 0.245 e. The number of benzene rings is 2. The summed E-state index contributed by atoms with van der Waals surface area (Å²) in [5.41, 5.74) is 1.08. The molecule has 0 spiro atoms. The third kappa shape index (κ3) is 4.90. The van der Waals surface area contributed by atoms with E-state index in [1.807, 2.05) is 0 Å². The number of amides is 1. The van der Waals surface area contributed by atoms with Gasteiger partial charge in [-0.05, 0) is 42.8 Å². The minimum absolute atomic E-state index is 0.0738. The van der Waals surface area contributed by atoms with Crippen molar-refractivity contribution in [1.82, 2.24) is 10.0 Å². The highest BCUT2D eigenvalue weighted by Crippen LogP contribution is 2.36. The molecule has 158 valence electrons. The number of halogens is 1. The molecular formula is C20H20FN3O5S. The summed E-state index contributed by atoms with van der Waals surface area (Å²) in [6.07, 6.45) is 0.694. The van der Waals surface area contributed by atoms with Crippen molar-refractivity contribution in [2.45, 2.75) is 24.2 Å². The number of hydrogen-bond acceptors (Lipinski definition) is 6. The second-order valence-electron chi connectivity index (χ2n) is 6.60. The van der Waals surface area contributed by atoms with E-state index < -0.39 is 21.7 Å². The number of aromatic nitrogens is 1. The van der Waals surface area contributed by atoms with Gasteiger partial charge in [0.2, 0.25) is 15.9 Å². The van der Waals surface area contributed by atoms with Crippen molar-refractivity contribution in [1.29, 1.82) is 0 Å². The van der Waals surface area contributed by atoms with Crippen molar-refractivity contribution in [3.63, 3.8) is 0 Å². The third-order valence-electron chi connectivity index (χ3n) is 4.37. The van der Waals surface area contributed by atoms with Crippen LogP contribution in [0.3, 0.4) is 0 Å². The van der Waals surface area contributed by atoms with E-state index in [1.54, 1.807) is 12.1 Å². The monoisotopic (exact) mass is 433 g/mol. The van der Waals surface area contributed by atoms with Crippen molar-refractivity contribution in [2.24, 2.45) is 5.14 Å². The van der Waals surface area contributed by atoms with Crippen LogP contribution in [0.15, 0.2) is 57.8 Å². The van der Waals surface area contributed by atoms with Crippen LogP contribution in [0.2, 0.25) is 0 Å². The Hall–Kier alpha value is -3.08. The zero-order valence-corrected chi connectivity index (χ0v) is 16.9. The van der Waals surface area contributed by atoms with Gasteiger partial charge in [-0.15, -0.1) is 0 Å². The molecule has 3 rings (SSSR count). The number of oxazole rings is 1. The molecule has 0 saturated heterocycles. The van der Waals surface area contributed by atoms with E-state index in [1.165, 1.54) is 43.4 Å². The smallest absolute Gasteiger partial charge is 0.245 e. The third-order valence-corrected chi connectivity index (χ3v) is 5.34. The van der Waals surface area contributed by atoms with Gasteiger partial charge in [0.25, 0.3) is 0 Å². The molecule has 30 heavy (non-hydrogen) atoms. The zero-order valence-electron chi connectivity index (χ0n) is 16.1. The van der Waals surface area contributed by atoms with Gasteiger partial charge in [0, 0.05) is 31.0 Å². The quantitative estimate of drug-likeness (QED) is 0.436. The largest absolute Gasteiger partial charge is 0.440 e. The van der Waals surface area contributed by atoms with Crippen LogP contribution in [0.4, 0.5) is 4.39 Å². The fraction of sp³-hybridized carbons (Fsp3) is 0.200. The van der Waals surface area contributed by atoms with Gasteiger partial charge in [0.05, 0.1) is 4.90 Å². The fourth-order valence-electron chi connectivity index (χ4n) is 2.91. The number of hydrogen-bond donors (Lipinski definition) is 2. The predicted octanol–water partition coefficient (Wildman–Crippen LogP) is 2.97. The molecule has 0 unspecified atom stereocenters. The summed E-state index contributed by atoms with van der Waals surface area (Å²) in [7, 11) is -2.80.